The van der Waals surface area contributed by atoms with Gasteiger partial charge in [0.15, 0.2) is 5.82 Å². The average molecular weight is 460 g/mol. The number of hydrogen-bond donors (Lipinski definition) is 3. The predicted octanol–water partition coefficient (Wildman–Crippen LogP) is 2.74. The summed E-state index contributed by atoms with van der Waals surface area (Å²) in [7, 11) is 3.42. The summed E-state index contributed by atoms with van der Waals surface area (Å²) in [5.41, 5.74) is 3.80. The molecule has 1 aliphatic rings. The summed E-state index contributed by atoms with van der Waals surface area (Å²) in [5.74, 6) is 0.0648. The Balaban J connectivity index is 1.68. The second-order valence-electron chi connectivity index (χ2n) is 9.19. The summed E-state index contributed by atoms with van der Waals surface area (Å²) in [6.07, 6.45) is 1.88. The van der Waals surface area contributed by atoms with Gasteiger partial charge in [0.25, 0.3) is 5.91 Å². The molecule has 1 aliphatic heterocycles. The molecule has 9 nitrogen and oxygen atoms in total. The van der Waals surface area contributed by atoms with Crippen LogP contribution >= 0.6 is 0 Å². The number of nitrogens with one attached hydrogen (secondary N) is 2. The number of aromatic nitrogens is 4. The molecule has 0 radical (unpaired) electrons. The third-order valence-corrected chi connectivity index (χ3v) is 6.41. The normalized spacial score (nSPS) is 18.6. The van der Waals surface area contributed by atoms with Gasteiger partial charge in [-0.3, -0.25) is 9.48 Å². The Morgan fingerprint density at radius 2 is 1.91 bits per heavy atom. The summed E-state index contributed by atoms with van der Waals surface area (Å²) in [5, 5.41) is 23.2. The van der Waals surface area contributed by atoms with Crippen LogP contribution in [-0.4, -0.2) is 63.0 Å². The molecular formula is C25H29N7O2. The Kier molecular flexibility index (Phi) is 5.36. The number of phenols is 1. The van der Waals surface area contributed by atoms with E-state index in [4.69, 9.17) is 4.98 Å². The lowest BCUT2D eigenvalue weighted by molar-refractivity contribution is 0.0960. The molecule has 2 aromatic carbocycles. The van der Waals surface area contributed by atoms with Crippen LogP contribution in [0.25, 0.3) is 33.2 Å². The molecule has 4 aromatic rings. The number of aryl methyl sites for hydroxylation is 2. The molecule has 2 aromatic heterocycles. The summed E-state index contributed by atoms with van der Waals surface area (Å²) < 4.78 is 1.71. The molecule has 34 heavy (non-hydrogen) atoms. The number of amides is 1. The first-order valence-electron chi connectivity index (χ1n) is 11.5. The van der Waals surface area contributed by atoms with E-state index >= 15 is 0 Å². The lowest BCUT2D eigenvalue weighted by Gasteiger charge is -2.37. The van der Waals surface area contributed by atoms with E-state index in [2.05, 4.69) is 39.5 Å². The highest BCUT2D eigenvalue weighted by atomic mass is 16.3. The number of hydrogen-bond acceptors (Lipinski definition) is 7. The standard InChI is InChI=1S/C25H29N7O2/c1-13-10-32(11-14(2)27-13)17-6-7-20-18(9-17)22(25(34)26-4)29-24(28-20)19-8-16-12-31(5)30-21(16)15(3)23(19)33/h6-9,12-14,27,33H,10-11H2,1-5H3,(H,26,34)/t13-,14-/m0/s1. The molecule has 1 amide bonds. The maximum atomic E-state index is 12.9. The zero-order valence-corrected chi connectivity index (χ0v) is 20.0. The van der Waals surface area contributed by atoms with Crippen molar-refractivity contribution >= 4 is 33.4 Å². The number of benzene rings is 2. The molecule has 0 unspecified atom stereocenters. The molecule has 0 spiro atoms. The van der Waals surface area contributed by atoms with Crippen LogP contribution in [-0.2, 0) is 7.05 Å². The van der Waals surface area contributed by atoms with Gasteiger partial charge in [0.05, 0.1) is 16.6 Å². The molecule has 9 heteroatoms. The molecule has 1 saturated heterocycles. The topological polar surface area (TPSA) is 108 Å². The molecule has 0 saturated carbocycles. The number of carbonyl (C=O) groups excluding carboxylic acids is 1. The molecule has 3 heterocycles. The molecule has 3 N–H and O–H groups in total. The van der Waals surface area contributed by atoms with E-state index in [9.17, 15) is 9.90 Å². The van der Waals surface area contributed by atoms with Gasteiger partial charge in [-0.15, -0.1) is 0 Å². The second kappa shape index (κ2) is 8.25. The number of nitrogens with zero attached hydrogens (tertiary/aromatic N) is 5. The van der Waals surface area contributed by atoms with E-state index in [0.29, 0.717) is 39.9 Å². The van der Waals surface area contributed by atoms with Crippen LogP contribution in [0, 0.1) is 6.92 Å². The SMILES string of the molecule is CNC(=O)c1nc(-c2cc3cn(C)nc3c(C)c2O)nc2ccc(N3C[C@H](C)N[C@@H](C)C3)cc12. The van der Waals surface area contributed by atoms with Crippen LogP contribution in [0.1, 0.15) is 29.9 Å². The van der Waals surface area contributed by atoms with Crippen molar-refractivity contribution in [3.05, 3.63) is 41.7 Å². The molecule has 1 fully saturated rings. The van der Waals surface area contributed by atoms with Crippen molar-refractivity contribution in [3.63, 3.8) is 0 Å². The van der Waals surface area contributed by atoms with E-state index in [1.54, 1.807) is 11.7 Å². The quantitative estimate of drug-likeness (QED) is 0.432. The first-order chi connectivity index (χ1) is 16.2. The van der Waals surface area contributed by atoms with E-state index < -0.39 is 0 Å². The number of anilines is 1. The Morgan fingerprint density at radius 1 is 1.18 bits per heavy atom. The van der Waals surface area contributed by atoms with Crippen molar-refractivity contribution in [3.8, 4) is 17.1 Å². The van der Waals surface area contributed by atoms with Crippen LogP contribution in [0.15, 0.2) is 30.5 Å². The number of fused-ring (bicyclic) bond motifs is 2. The first kappa shape index (κ1) is 22.1. The van der Waals surface area contributed by atoms with Crippen LogP contribution < -0.4 is 15.5 Å². The van der Waals surface area contributed by atoms with Crippen molar-refractivity contribution < 1.29 is 9.90 Å². The number of phenolic OH excluding ortho intramolecular Hbond substituents is 1. The Bertz CT molecular complexity index is 1420. The van der Waals surface area contributed by atoms with Gasteiger partial charge in [-0.2, -0.15) is 5.10 Å². The number of rotatable bonds is 3. The molecule has 0 bridgehead atoms. The van der Waals surface area contributed by atoms with Gasteiger partial charge in [0.2, 0.25) is 0 Å². The van der Waals surface area contributed by atoms with E-state index in [1.807, 2.05) is 44.4 Å². The smallest absolute Gasteiger partial charge is 0.270 e. The Labute approximate surface area is 197 Å². The predicted molar refractivity (Wildman–Crippen MR) is 133 cm³/mol. The highest BCUT2D eigenvalue weighted by Crippen LogP contribution is 2.36. The minimum Gasteiger partial charge on any atom is -0.507 e. The van der Waals surface area contributed by atoms with Gasteiger partial charge in [-0.25, -0.2) is 9.97 Å². The van der Waals surface area contributed by atoms with Crippen molar-refractivity contribution in [1.29, 1.82) is 0 Å². The minimum atomic E-state index is -0.300. The highest BCUT2D eigenvalue weighted by molar-refractivity contribution is 6.06. The largest absolute Gasteiger partial charge is 0.507 e. The van der Waals surface area contributed by atoms with Crippen LogP contribution in [0.5, 0.6) is 5.75 Å². The van der Waals surface area contributed by atoms with E-state index in [-0.39, 0.29) is 17.4 Å². The molecular weight excluding hydrogens is 430 g/mol. The Morgan fingerprint density at radius 3 is 2.62 bits per heavy atom. The monoisotopic (exact) mass is 459 g/mol. The van der Waals surface area contributed by atoms with Crippen LogP contribution in [0.4, 0.5) is 5.69 Å². The summed E-state index contributed by atoms with van der Waals surface area (Å²) in [4.78, 5) is 24.6. The maximum Gasteiger partial charge on any atom is 0.270 e. The third-order valence-electron chi connectivity index (χ3n) is 6.41. The van der Waals surface area contributed by atoms with Gasteiger partial charge in [-0.05, 0) is 45.0 Å². The van der Waals surface area contributed by atoms with Crippen molar-refractivity contribution in [2.75, 3.05) is 25.0 Å². The minimum absolute atomic E-state index is 0.0637. The zero-order chi connectivity index (χ0) is 24.1. The van der Waals surface area contributed by atoms with Crippen molar-refractivity contribution in [1.82, 2.24) is 30.4 Å². The molecule has 0 aliphatic carbocycles. The lowest BCUT2D eigenvalue weighted by atomic mass is 10.0. The summed E-state index contributed by atoms with van der Waals surface area (Å²) >= 11 is 0. The van der Waals surface area contributed by atoms with E-state index in [0.717, 1.165) is 29.7 Å². The number of carbonyl (C=O) groups is 1. The highest BCUT2D eigenvalue weighted by Gasteiger charge is 2.24. The van der Waals surface area contributed by atoms with Gasteiger partial charge in [0.1, 0.15) is 11.4 Å². The van der Waals surface area contributed by atoms with Gasteiger partial charge in [-0.1, -0.05) is 0 Å². The van der Waals surface area contributed by atoms with E-state index in [1.165, 1.54) is 0 Å². The maximum absolute atomic E-state index is 12.9. The fourth-order valence-corrected chi connectivity index (χ4v) is 4.88. The lowest BCUT2D eigenvalue weighted by Crippen LogP contribution is -2.54. The fourth-order valence-electron chi connectivity index (χ4n) is 4.88. The number of aromatic hydroxyl groups is 1. The molecule has 176 valence electrons. The Hall–Kier alpha value is -3.72. The third kappa shape index (κ3) is 3.71. The van der Waals surface area contributed by atoms with Crippen LogP contribution in [0.2, 0.25) is 0 Å². The molecule has 5 rings (SSSR count). The first-order valence-corrected chi connectivity index (χ1v) is 11.5. The van der Waals surface area contributed by atoms with Gasteiger partial charge >= 0.3 is 0 Å². The van der Waals surface area contributed by atoms with Crippen LogP contribution in [0.3, 0.4) is 0 Å². The average Bonchev–Trinajstić information content (AvgIpc) is 3.19. The second-order valence-corrected chi connectivity index (χ2v) is 9.19. The zero-order valence-electron chi connectivity index (χ0n) is 20.0. The van der Waals surface area contributed by atoms with Gasteiger partial charge < -0.3 is 20.6 Å². The summed E-state index contributed by atoms with van der Waals surface area (Å²) in [6.45, 7) is 7.91. The van der Waals surface area contributed by atoms with Crippen molar-refractivity contribution in [2.45, 2.75) is 32.9 Å². The van der Waals surface area contributed by atoms with Crippen molar-refractivity contribution in [2.24, 2.45) is 7.05 Å². The fraction of sp³-hybridized carbons (Fsp3) is 0.360. The number of piperazine rings is 1. The summed E-state index contributed by atoms with van der Waals surface area (Å²) in [6, 6.07) is 8.50. The molecule has 2 atom stereocenters. The van der Waals surface area contributed by atoms with Gasteiger partial charge in [0, 0.05) is 67.5 Å².